The molecule has 0 fully saturated rings. The van der Waals surface area contributed by atoms with Crippen molar-refractivity contribution in [1.82, 2.24) is 10.2 Å². The molecule has 0 bridgehead atoms. The Hall–Kier alpha value is -0.490. The minimum Gasteiger partial charge on any atom is -0.489 e. The van der Waals surface area contributed by atoms with Crippen LogP contribution in [0, 0.1) is 0 Å². The van der Waals surface area contributed by atoms with Gasteiger partial charge in [-0.05, 0) is 69.7 Å². The van der Waals surface area contributed by atoms with Crippen molar-refractivity contribution in [2.45, 2.75) is 59.1 Å². The molecular weight excluding hydrogens is 531 g/mol. The lowest BCUT2D eigenvalue weighted by Crippen LogP contribution is -2.29. The summed E-state index contributed by atoms with van der Waals surface area (Å²) in [5, 5.41) is 4.33. The predicted octanol–water partition coefficient (Wildman–Crippen LogP) is 7.91. The van der Waals surface area contributed by atoms with Crippen LogP contribution in [-0.4, -0.2) is 31.1 Å². The van der Waals surface area contributed by atoms with Gasteiger partial charge in [0.1, 0.15) is 12.4 Å². The van der Waals surface area contributed by atoms with Gasteiger partial charge >= 0.3 is 0 Å². The number of nitrogens with one attached hydrogen (secondary N) is 1. The van der Waals surface area contributed by atoms with Crippen molar-refractivity contribution >= 4 is 52.3 Å². The lowest BCUT2D eigenvalue weighted by molar-refractivity contribution is 0.260. The van der Waals surface area contributed by atoms with E-state index in [9.17, 15) is 0 Å². The second-order valence-corrected chi connectivity index (χ2v) is 9.03. The summed E-state index contributed by atoms with van der Waals surface area (Å²) in [5.41, 5.74) is 2.16. The van der Waals surface area contributed by atoms with Crippen molar-refractivity contribution in [2.24, 2.45) is 0 Å². The zero-order valence-corrected chi connectivity index (χ0v) is 23.2. The van der Waals surface area contributed by atoms with Gasteiger partial charge in [0.25, 0.3) is 0 Å². The molecule has 0 radical (unpaired) electrons. The molecule has 0 spiro atoms. The van der Waals surface area contributed by atoms with Crippen molar-refractivity contribution in [2.75, 3.05) is 26.2 Å². The summed E-state index contributed by atoms with van der Waals surface area (Å²) in [6, 6.07) is 14.0. The fourth-order valence-electron chi connectivity index (χ4n) is 3.35. The van der Waals surface area contributed by atoms with Gasteiger partial charge in [0, 0.05) is 27.2 Å². The van der Waals surface area contributed by atoms with Crippen LogP contribution in [0.4, 0.5) is 0 Å². The Bertz CT molecular complexity index is 741. The van der Waals surface area contributed by atoms with Crippen LogP contribution in [-0.2, 0) is 13.2 Å². The van der Waals surface area contributed by atoms with E-state index in [2.05, 4.69) is 46.1 Å². The molecular formula is C25H38BrCl3N2O. The summed E-state index contributed by atoms with van der Waals surface area (Å²) < 4.78 is 7.15. The van der Waals surface area contributed by atoms with E-state index in [0.29, 0.717) is 6.61 Å². The van der Waals surface area contributed by atoms with Gasteiger partial charge in [0.15, 0.2) is 0 Å². The van der Waals surface area contributed by atoms with Gasteiger partial charge in [-0.1, -0.05) is 72.4 Å². The summed E-state index contributed by atoms with van der Waals surface area (Å²) in [6.07, 6.45) is 6.28. The van der Waals surface area contributed by atoms with Gasteiger partial charge in [-0.25, -0.2) is 0 Å². The average molecular weight is 569 g/mol. The summed E-state index contributed by atoms with van der Waals surface area (Å²) >= 11 is 9.84. The number of ether oxygens (including phenoxy) is 1. The zero-order chi connectivity index (χ0) is 21.6. The van der Waals surface area contributed by atoms with Crippen LogP contribution in [0.15, 0.2) is 46.9 Å². The number of rotatable bonds is 15. The molecule has 7 heteroatoms. The van der Waals surface area contributed by atoms with E-state index in [0.717, 1.165) is 45.9 Å². The maximum absolute atomic E-state index is 6.26. The van der Waals surface area contributed by atoms with Gasteiger partial charge in [-0.15, -0.1) is 24.8 Å². The van der Waals surface area contributed by atoms with Crippen molar-refractivity contribution in [3.63, 3.8) is 0 Å². The third kappa shape index (κ3) is 12.1. The molecule has 1 N–H and O–H groups in total. The highest BCUT2D eigenvalue weighted by atomic mass is 79.9. The molecule has 182 valence electrons. The molecule has 0 aromatic heterocycles. The van der Waals surface area contributed by atoms with Gasteiger partial charge in [0.05, 0.1) is 0 Å². The molecule has 2 aromatic rings. The molecule has 0 amide bonds. The van der Waals surface area contributed by atoms with Crippen LogP contribution in [0.3, 0.4) is 0 Å². The summed E-state index contributed by atoms with van der Waals surface area (Å²) in [7, 11) is 0. The smallest absolute Gasteiger partial charge is 0.124 e. The average Bonchev–Trinajstić information content (AvgIpc) is 2.75. The molecule has 0 atom stereocenters. The van der Waals surface area contributed by atoms with Crippen LogP contribution in [0.5, 0.6) is 5.75 Å². The number of hydrogen-bond acceptors (Lipinski definition) is 3. The van der Waals surface area contributed by atoms with Crippen LogP contribution in [0.2, 0.25) is 5.02 Å². The number of unbranched alkanes of at least 4 members (excludes halogenated alkanes) is 2. The summed E-state index contributed by atoms with van der Waals surface area (Å²) in [5.74, 6) is 0.901. The van der Waals surface area contributed by atoms with E-state index in [4.69, 9.17) is 16.3 Å². The van der Waals surface area contributed by atoms with E-state index < -0.39 is 0 Å². The van der Waals surface area contributed by atoms with E-state index in [-0.39, 0.29) is 24.8 Å². The zero-order valence-electron chi connectivity index (χ0n) is 19.2. The number of benzene rings is 2. The Labute approximate surface area is 220 Å². The van der Waals surface area contributed by atoms with Crippen molar-refractivity contribution < 1.29 is 4.74 Å². The summed E-state index contributed by atoms with van der Waals surface area (Å²) in [6.45, 7) is 10.4. The number of halogens is 4. The number of nitrogens with zero attached hydrogens (tertiary/aromatic N) is 1. The second kappa shape index (κ2) is 18.9. The monoisotopic (exact) mass is 566 g/mol. The fraction of sp³-hybridized carbons (Fsp3) is 0.520. The van der Waals surface area contributed by atoms with E-state index >= 15 is 0 Å². The molecule has 0 aliphatic heterocycles. The van der Waals surface area contributed by atoms with Crippen molar-refractivity contribution in [1.29, 1.82) is 0 Å². The Morgan fingerprint density at radius 3 is 2.22 bits per heavy atom. The first-order valence-electron chi connectivity index (χ1n) is 11.2. The van der Waals surface area contributed by atoms with E-state index in [1.165, 1.54) is 45.3 Å². The molecule has 0 aliphatic carbocycles. The third-order valence-corrected chi connectivity index (χ3v) is 6.02. The molecule has 0 aliphatic rings. The molecule has 0 saturated carbocycles. The minimum atomic E-state index is 0. The van der Waals surface area contributed by atoms with Gasteiger partial charge < -0.3 is 15.0 Å². The first-order chi connectivity index (χ1) is 14.6. The standard InChI is InChI=1S/C25H36BrClN2O.2ClH/c1-3-5-15-29(16-6-4-2)17-9-14-28-19-22-18-23(26)12-13-25(22)30-20-21-10-7-8-11-24(21)27;;/h7-8,10-13,18,28H,3-6,9,14-17,19-20H2,1-2H3;2*1H. The first kappa shape index (κ1) is 31.5. The van der Waals surface area contributed by atoms with Crippen LogP contribution in [0.1, 0.15) is 57.1 Å². The Balaban J connectivity index is 0.00000480. The molecule has 2 aromatic carbocycles. The molecule has 0 saturated heterocycles. The van der Waals surface area contributed by atoms with Crippen LogP contribution >= 0.6 is 52.3 Å². The van der Waals surface area contributed by atoms with Gasteiger partial charge in [-0.3, -0.25) is 0 Å². The van der Waals surface area contributed by atoms with Gasteiger partial charge in [0.2, 0.25) is 0 Å². The highest BCUT2D eigenvalue weighted by Crippen LogP contribution is 2.25. The molecule has 3 nitrogen and oxygen atoms in total. The maximum atomic E-state index is 6.26. The van der Waals surface area contributed by atoms with E-state index in [1.807, 2.05) is 36.4 Å². The quantitative estimate of drug-likeness (QED) is 0.221. The predicted molar refractivity (Wildman–Crippen MR) is 147 cm³/mol. The summed E-state index contributed by atoms with van der Waals surface area (Å²) in [4.78, 5) is 2.62. The minimum absolute atomic E-state index is 0. The largest absolute Gasteiger partial charge is 0.489 e. The Kier molecular flexibility index (Phi) is 18.6. The van der Waals surface area contributed by atoms with Crippen LogP contribution < -0.4 is 10.1 Å². The van der Waals surface area contributed by atoms with Crippen molar-refractivity contribution in [3.8, 4) is 5.75 Å². The lowest BCUT2D eigenvalue weighted by Gasteiger charge is -2.22. The Morgan fingerprint density at radius 2 is 1.56 bits per heavy atom. The fourth-order valence-corrected chi connectivity index (χ4v) is 3.95. The normalized spacial score (nSPS) is 10.5. The second-order valence-electron chi connectivity index (χ2n) is 7.71. The Morgan fingerprint density at radius 1 is 0.906 bits per heavy atom. The third-order valence-electron chi connectivity index (χ3n) is 5.16. The lowest BCUT2D eigenvalue weighted by atomic mass is 10.2. The molecule has 0 unspecified atom stereocenters. The van der Waals surface area contributed by atoms with Gasteiger partial charge in [-0.2, -0.15) is 0 Å². The molecule has 2 rings (SSSR count). The molecule has 32 heavy (non-hydrogen) atoms. The highest BCUT2D eigenvalue weighted by Gasteiger charge is 2.08. The SMILES string of the molecule is CCCCN(CCCC)CCCNCc1cc(Br)ccc1OCc1ccccc1Cl.Cl.Cl. The van der Waals surface area contributed by atoms with Crippen molar-refractivity contribution in [3.05, 3.63) is 63.1 Å². The number of hydrogen-bond donors (Lipinski definition) is 1. The maximum Gasteiger partial charge on any atom is 0.124 e. The topological polar surface area (TPSA) is 24.5 Å². The highest BCUT2D eigenvalue weighted by molar-refractivity contribution is 9.10. The molecule has 0 heterocycles. The van der Waals surface area contributed by atoms with E-state index in [1.54, 1.807) is 0 Å². The van der Waals surface area contributed by atoms with Crippen LogP contribution in [0.25, 0.3) is 0 Å². The first-order valence-corrected chi connectivity index (χ1v) is 12.4.